The second-order valence-corrected chi connectivity index (χ2v) is 6.24. The van der Waals surface area contributed by atoms with Gasteiger partial charge >= 0.3 is 0 Å². The van der Waals surface area contributed by atoms with E-state index in [1.807, 2.05) is 0 Å². The first-order valence-corrected chi connectivity index (χ1v) is 8.19. The molecule has 20 heavy (non-hydrogen) atoms. The summed E-state index contributed by atoms with van der Waals surface area (Å²) in [4.78, 5) is 2.52. The summed E-state index contributed by atoms with van der Waals surface area (Å²) in [6.07, 6.45) is 7.86. The number of para-hydroxylation sites is 2. The summed E-state index contributed by atoms with van der Waals surface area (Å²) in [5.74, 6) is 0.635. The van der Waals surface area contributed by atoms with Crippen molar-refractivity contribution in [2.24, 2.45) is 11.7 Å². The number of nitrogens with one attached hydrogen (secondary N) is 1. The molecule has 3 rings (SSSR count). The third-order valence-electron chi connectivity index (χ3n) is 4.90. The average molecular weight is 273 g/mol. The van der Waals surface area contributed by atoms with Crippen molar-refractivity contribution in [3.63, 3.8) is 0 Å². The van der Waals surface area contributed by atoms with E-state index in [9.17, 15) is 0 Å². The quantitative estimate of drug-likeness (QED) is 0.885. The van der Waals surface area contributed by atoms with Gasteiger partial charge in [-0.2, -0.15) is 0 Å². The predicted octanol–water partition coefficient (Wildman–Crippen LogP) is 3.22. The lowest BCUT2D eigenvalue weighted by Crippen LogP contribution is -2.37. The highest BCUT2D eigenvalue weighted by atomic mass is 15.2. The summed E-state index contributed by atoms with van der Waals surface area (Å²) in [6, 6.07) is 9.34. The zero-order chi connectivity index (χ0) is 13.8. The lowest BCUT2D eigenvalue weighted by Gasteiger charge is -2.33. The molecule has 0 amide bonds. The van der Waals surface area contributed by atoms with Gasteiger partial charge in [0.15, 0.2) is 0 Å². The summed E-state index contributed by atoms with van der Waals surface area (Å²) >= 11 is 0. The molecule has 2 unspecified atom stereocenters. The van der Waals surface area contributed by atoms with Crippen molar-refractivity contribution >= 4 is 11.4 Å². The molecule has 2 aliphatic rings. The van der Waals surface area contributed by atoms with Crippen molar-refractivity contribution in [3.05, 3.63) is 24.3 Å². The molecular weight excluding hydrogens is 246 g/mol. The lowest BCUT2D eigenvalue weighted by molar-refractivity contribution is 0.332. The van der Waals surface area contributed by atoms with Gasteiger partial charge in [-0.3, -0.25) is 0 Å². The minimum Gasteiger partial charge on any atom is -0.380 e. The Kier molecular flexibility index (Phi) is 4.46. The van der Waals surface area contributed by atoms with Gasteiger partial charge < -0.3 is 16.0 Å². The zero-order valence-electron chi connectivity index (χ0n) is 12.4. The van der Waals surface area contributed by atoms with Crippen molar-refractivity contribution in [2.75, 3.05) is 29.9 Å². The third kappa shape index (κ3) is 2.93. The summed E-state index contributed by atoms with van der Waals surface area (Å²) in [7, 11) is 0. The van der Waals surface area contributed by atoms with E-state index < -0.39 is 0 Å². The van der Waals surface area contributed by atoms with Crippen LogP contribution in [0.3, 0.4) is 0 Å². The van der Waals surface area contributed by atoms with Crippen LogP contribution in [0.1, 0.15) is 38.5 Å². The molecule has 1 heterocycles. The predicted molar refractivity (Wildman–Crippen MR) is 86.3 cm³/mol. The SMILES string of the molecule is NCC1CCCCC1Nc1ccccc1N1CCCC1. The normalized spacial score (nSPS) is 26.8. The van der Waals surface area contributed by atoms with E-state index in [-0.39, 0.29) is 0 Å². The maximum absolute atomic E-state index is 5.96. The minimum atomic E-state index is 0.553. The van der Waals surface area contributed by atoms with Crippen molar-refractivity contribution < 1.29 is 0 Å². The highest BCUT2D eigenvalue weighted by Crippen LogP contribution is 2.32. The molecule has 3 N–H and O–H groups in total. The van der Waals surface area contributed by atoms with E-state index in [4.69, 9.17) is 5.73 Å². The van der Waals surface area contributed by atoms with Crippen LogP contribution in [-0.2, 0) is 0 Å². The van der Waals surface area contributed by atoms with E-state index >= 15 is 0 Å². The molecule has 0 spiro atoms. The number of nitrogens with zero attached hydrogens (tertiary/aromatic N) is 1. The number of hydrogen-bond donors (Lipinski definition) is 2. The molecule has 0 radical (unpaired) electrons. The standard InChI is InChI=1S/C17H27N3/c18-13-14-7-1-2-8-15(14)19-16-9-3-4-10-17(16)20-11-5-6-12-20/h3-4,9-10,14-15,19H,1-2,5-8,11-13,18H2. The highest BCUT2D eigenvalue weighted by molar-refractivity contribution is 5.70. The molecule has 1 aliphatic carbocycles. The van der Waals surface area contributed by atoms with Gasteiger partial charge in [0.2, 0.25) is 0 Å². The molecule has 0 aromatic heterocycles. The smallest absolute Gasteiger partial charge is 0.0602 e. The van der Waals surface area contributed by atoms with Crippen molar-refractivity contribution in [2.45, 2.75) is 44.6 Å². The highest BCUT2D eigenvalue weighted by Gasteiger charge is 2.25. The van der Waals surface area contributed by atoms with Crippen LogP contribution in [0.25, 0.3) is 0 Å². The average Bonchev–Trinajstić information content (AvgIpc) is 3.02. The van der Waals surface area contributed by atoms with Crippen LogP contribution in [0, 0.1) is 5.92 Å². The van der Waals surface area contributed by atoms with E-state index in [2.05, 4.69) is 34.5 Å². The fourth-order valence-electron chi connectivity index (χ4n) is 3.71. The van der Waals surface area contributed by atoms with E-state index in [1.54, 1.807) is 0 Å². The van der Waals surface area contributed by atoms with Crippen LogP contribution >= 0.6 is 0 Å². The van der Waals surface area contributed by atoms with Gasteiger partial charge in [-0.05, 0) is 50.3 Å². The van der Waals surface area contributed by atoms with Gasteiger partial charge in [-0.25, -0.2) is 0 Å². The summed E-state index contributed by atoms with van der Waals surface area (Å²) < 4.78 is 0. The first-order valence-electron chi connectivity index (χ1n) is 8.19. The van der Waals surface area contributed by atoms with Crippen LogP contribution in [-0.4, -0.2) is 25.7 Å². The summed E-state index contributed by atoms with van der Waals surface area (Å²) in [5, 5.41) is 3.81. The molecule has 3 heteroatoms. The third-order valence-corrected chi connectivity index (χ3v) is 4.90. The Hall–Kier alpha value is -1.22. The minimum absolute atomic E-state index is 0.553. The molecule has 1 saturated carbocycles. The number of hydrogen-bond acceptors (Lipinski definition) is 3. The number of benzene rings is 1. The van der Waals surface area contributed by atoms with E-state index in [1.165, 1.54) is 63.0 Å². The fraction of sp³-hybridized carbons (Fsp3) is 0.647. The van der Waals surface area contributed by atoms with Gasteiger partial charge in [0.1, 0.15) is 0 Å². The Labute approximate surface area is 122 Å². The van der Waals surface area contributed by atoms with Gasteiger partial charge in [0, 0.05) is 19.1 Å². The van der Waals surface area contributed by atoms with Crippen molar-refractivity contribution in [3.8, 4) is 0 Å². The molecular formula is C17H27N3. The Balaban J connectivity index is 1.75. The maximum atomic E-state index is 5.96. The Bertz CT molecular complexity index is 426. The maximum Gasteiger partial charge on any atom is 0.0602 e. The molecule has 110 valence electrons. The fourth-order valence-corrected chi connectivity index (χ4v) is 3.71. The molecule has 3 nitrogen and oxygen atoms in total. The van der Waals surface area contributed by atoms with Crippen LogP contribution in [0.4, 0.5) is 11.4 Å². The molecule has 1 aromatic carbocycles. The van der Waals surface area contributed by atoms with Crippen LogP contribution < -0.4 is 16.0 Å². The van der Waals surface area contributed by atoms with Crippen LogP contribution in [0.5, 0.6) is 0 Å². The number of anilines is 2. The summed E-state index contributed by atoms with van der Waals surface area (Å²) in [6.45, 7) is 3.21. The largest absolute Gasteiger partial charge is 0.380 e. The topological polar surface area (TPSA) is 41.3 Å². The molecule has 2 atom stereocenters. The van der Waals surface area contributed by atoms with E-state index in [0.717, 1.165) is 6.54 Å². The second kappa shape index (κ2) is 6.49. The molecule has 0 bridgehead atoms. The van der Waals surface area contributed by atoms with E-state index in [0.29, 0.717) is 12.0 Å². The number of rotatable bonds is 4. The van der Waals surface area contributed by atoms with Gasteiger partial charge in [-0.15, -0.1) is 0 Å². The summed E-state index contributed by atoms with van der Waals surface area (Å²) in [5.41, 5.74) is 8.64. The van der Waals surface area contributed by atoms with Gasteiger partial charge in [-0.1, -0.05) is 25.0 Å². The molecule has 2 fully saturated rings. The van der Waals surface area contributed by atoms with Crippen molar-refractivity contribution in [1.82, 2.24) is 0 Å². The first-order chi connectivity index (χ1) is 9.88. The lowest BCUT2D eigenvalue weighted by atomic mass is 9.84. The Morgan fingerprint density at radius 2 is 1.80 bits per heavy atom. The van der Waals surface area contributed by atoms with Crippen LogP contribution in [0.2, 0.25) is 0 Å². The Morgan fingerprint density at radius 3 is 2.60 bits per heavy atom. The number of nitrogens with two attached hydrogens (primary N) is 1. The molecule has 1 saturated heterocycles. The monoisotopic (exact) mass is 273 g/mol. The van der Waals surface area contributed by atoms with Gasteiger partial charge in [0.25, 0.3) is 0 Å². The first kappa shape index (κ1) is 13.7. The second-order valence-electron chi connectivity index (χ2n) is 6.24. The Morgan fingerprint density at radius 1 is 1.05 bits per heavy atom. The molecule has 1 aliphatic heterocycles. The van der Waals surface area contributed by atoms with Crippen LogP contribution in [0.15, 0.2) is 24.3 Å². The van der Waals surface area contributed by atoms with Gasteiger partial charge in [0.05, 0.1) is 11.4 Å². The van der Waals surface area contributed by atoms with Crippen molar-refractivity contribution in [1.29, 1.82) is 0 Å². The zero-order valence-corrected chi connectivity index (χ0v) is 12.4. The molecule has 1 aromatic rings.